The molecular weight excluding hydrogens is 222 g/mol. The fourth-order valence-electron chi connectivity index (χ4n) is 2.65. The van der Waals surface area contributed by atoms with E-state index in [4.69, 9.17) is 5.73 Å². The van der Waals surface area contributed by atoms with E-state index < -0.39 is 0 Å². The number of hydrogen-bond donors (Lipinski definition) is 2. The van der Waals surface area contributed by atoms with E-state index in [1.54, 1.807) is 0 Å². The summed E-state index contributed by atoms with van der Waals surface area (Å²) in [6.45, 7) is 0. The number of aromatic amines is 1. The van der Waals surface area contributed by atoms with Gasteiger partial charge in [0, 0.05) is 28.0 Å². The smallest absolute Gasteiger partial charge is 0.0651 e. The van der Waals surface area contributed by atoms with Gasteiger partial charge in [-0.15, -0.1) is 0 Å². The van der Waals surface area contributed by atoms with E-state index >= 15 is 0 Å². The van der Waals surface area contributed by atoms with Crippen LogP contribution in [-0.4, -0.2) is 15.5 Å². The minimum Gasteiger partial charge on any atom is -0.353 e. The second-order valence-electron chi connectivity index (χ2n) is 5.47. The molecule has 4 rings (SSSR count). The molecule has 2 heterocycles. The molecule has 1 saturated carbocycles. The Morgan fingerprint density at radius 3 is 2.89 bits per heavy atom. The summed E-state index contributed by atoms with van der Waals surface area (Å²) in [5, 5.41) is 2.51. The summed E-state index contributed by atoms with van der Waals surface area (Å²) in [5.41, 5.74) is 9.86. The highest BCUT2D eigenvalue weighted by molar-refractivity contribution is 6.07. The number of fused-ring (bicyclic) bond motifs is 3. The monoisotopic (exact) mass is 237 g/mol. The Morgan fingerprint density at radius 1 is 1.17 bits per heavy atom. The lowest BCUT2D eigenvalue weighted by molar-refractivity contribution is 0.673. The van der Waals surface area contributed by atoms with Gasteiger partial charge >= 0.3 is 0 Å². The van der Waals surface area contributed by atoms with E-state index in [9.17, 15) is 0 Å². The van der Waals surface area contributed by atoms with Gasteiger partial charge in [0.15, 0.2) is 0 Å². The first-order valence-corrected chi connectivity index (χ1v) is 6.37. The Bertz CT molecular complexity index is 738. The van der Waals surface area contributed by atoms with Crippen molar-refractivity contribution in [1.29, 1.82) is 0 Å². The van der Waals surface area contributed by atoms with E-state index in [0.717, 1.165) is 24.8 Å². The van der Waals surface area contributed by atoms with Crippen molar-refractivity contribution in [3.63, 3.8) is 0 Å². The number of pyridine rings is 1. The van der Waals surface area contributed by atoms with Gasteiger partial charge in [0.05, 0.1) is 11.7 Å². The molecular formula is C15H15N3. The first kappa shape index (κ1) is 10.1. The van der Waals surface area contributed by atoms with E-state index in [0.29, 0.717) is 0 Å². The van der Waals surface area contributed by atoms with Crippen LogP contribution in [0.15, 0.2) is 36.7 Å². The van der Waals surface area contributed by atoms with Crippen molar-refractivity contribution in [3.8, 4) is 0 Å². The quantitative estimate of drug-likeness (QED) is 0.720. The van der Waals surface area contributed by atoms with E-state index in [1.165, 1.54) is 21.9 Å². The average Bonchev–Trinajstić information content (AvgIpc) is 2.98. The molecule has 1 aromatic carbocycles. The fraction of sp³-hybridized carbons (Fsp3) is 0.267. The van der Waals surface area contributed by atoms with Crippen LogP contribution in [0.25, 0.3) is 21.8 Å². The van der Waals surface area contributed by atoms with Crippen molar-refractivity contribution in [2.24, 2.45) is 5.73 Å². The number of H-pyrrole nitrogens is 1. The van der Waals surface area contributed by atoms with Gasteiger partial charge in [-0.2, -0.15) is 0 Å². The van der Waals surface area contributed by atoms with E-state index in [-0.39, 0.29) is 5.54 Å². The van der Waals surface area contributed by atoms with Crippen molar-refractivity contribution >= 4 is 21.8 Å². The van der Waals surface area contributed by atoms with E-state index in [1.807, 2.05) is 12.4 Å². The van der Waals surface area contributed by atoms with Gasteiger partial charge in [-0.1, -0.05) is 6.07 Å². The van der Waals surface area contributed by atoms with Crippen molar-refractivity contribution < 1.29 is 0 Å². The molecule has 1 fully saturated rings. The predicted octanol–water partition coefficient (Wildman–Crippen LogP) is 2.75. The highest BCUT2D eigenvalue weighted by atomic mass is 14.8. The number of rotatable bonds is 2. The molecule has 0 amide bonds. The molecule has 3 aromatic rings. The van der Waals surface area contributed by atoms with E-state index in [2.05, 4.69) is 34.2 Å². The standard InChI is InChI=1S/C15H15N3/c16-15(4-5-15)8-10-1-2-13-12(7-10)11-3-6-17-9-14(11)18-13/h1-3,6-7,9,18H,4-5,8,16H2. The van der Waals surface area contributed by atoms with Crippen LogP contribution in [0.1, 0.15) is 18.4 Å². The minimum absolute atomic E-state index is 0.0708. The molecule has 0 atom stereocenters. The summed E-state index contributed by atoms with van der Waals surface area (Å²) < 4.78 is 0. The molecule has 3 nitrogen and oxygen atoms in total. The number of nitrogens with two attached hydrogens (primary N) is 1. The summed E-state index contributed by atoms with van der Waals surface area (Å²) in [6.07, 6.45) is 7.01. The molecule has 0 bridgehead atoms. The maximum absolute atomic E-state index is 6.19. The molecule has 1 aliphatic rings. The van der Waals surface area contributed by atoms with Crippen LogP contribution in [-0.2, 0) is 6.42 Å². The maximum atomic E-state index is 6.19. The molecule has 2 aromatic heterocycles. The zero-order chi connectivity index (χ0) is 12.2. The molecule has 3 N–H and O–H groups in total. The molecule has 0 saturated heterocycles. The largest absolute Gasteiger partial charge is 0.353 e. The van der Waals surface area contributed by atoms with Gasteiger partial charge in [0.1, 0.15) is 0 Å². The van der Waals surface area contributed by atoms with Gasteiger partial charge in [-0.05, 0) is 43.0 Å². The SMILES string of the molecule is NC1(Cc2ccc3[nH]c4cnccc4c3c2)CC1. The van der Waals surface area contributed by atoms with Gasteiger partial charge in [0.2, 0.25) is 0 Å². The molecule has 0 spiro atoms. The summed E-state index contributed by atoms with van der Waals surface area (Å²) >= 11 is 0. The lowest BCUT2D eigenvalue weighted by Crippen LogP contribution is -2.24. The Hall–Kier alpha value is -1.87. The van der Waals surface area contributed by atoms with Crippen LogP contribution in [0.4, 0.5) is 0 Å². The number of hydrogen-bond acceptors (Lipinski definition) is 2. The van der Waals surface area contributed by atoms with Crippen LogP contribution in [0.2, 0.25) is 0 Å². The highest BCUT2D eigenvalue weighted by Gasteiger charge is 2.37. The third-order valence-corrected chi connectivity index (χ3v) is 3.91. The van der Waals surface area contributed by atoms with Crippen LogP contribution < -0.4 is 5.73 Å². The first-order valence-electron chi connectivity index (χ1n) is 6.37. The Kier molecular flexibility index (Phi) is 1.87. The lowest BCUT2D eigenvalue weighted by atomic mass is 10.0. The molecule has 0 aliphatic heterocycles. The fourth-order valence-corrected chi connectivity index (χ4v) is 2.65. The van der Waals surface area contributed by atoms with Crippen LogP contribution in [0.3, 0.4) is 0 Å². The molecule has 0 unspecified atom stereocenters. The second-order valence-corrected chi connectivity index (χ2v) is 5.47. The van der Waals surface area contributed by atoms with Crippen LogP contribution in [0.5, 0.6) is 0 Å². The molecule has 0 radical (unpaired) electrons. The topological polar surface area (TPSA) is 54.7 Å². The minimum atomic E-state index is 0.0708. The summed E-state index contributed by atoms with van der Waals surface area (Å²) in [4.78, 5) is 7.54. The number of aromatic nitrogens is 2. The third kappa shape index (κ3) is 1.51. The van der Waals surface area contributed by atoms with Crippen molar-refractivity contribution in [2.75, 3.05) is 0 Å². The van der Waals surface area contributed by atoms with Gasteiger partial charge in [0.25, 0.3) is 0 Å². The maximum Gasteiger partial charge on any atom is 0.0651 e. The summed E-state index contributed by atoms with van der Waals surface area (Å²) in [5.74, 6) is 0. The third-order valence-electron chi connectivity index (χ3n) is 3.91. The number of nitrogens with zero attached hydrogens (tertiary/aromatic N) is 1. The van der Waals surface area contributed by atoms with Crippen molar-refractivity contribution in [3.05, 3.63) is 42.2 Å². The zero-order valence-corrected chi connectivity index (χ0v) is 10.1. The number of benzene rings is 1. The Balaban J connectivity index is 1.89. The second kappa shape index (κ2) is 3.33. The average molecular weight is 237 g/mol. The Labute approximate surface area is 105 Å². The van der Waals surface area contributed by atoms with Gasteiger partial charge in [-0.25, -0.2) is 0 Å². The normalized spacial score (nSPS) is 17.4. The lowest BCUT2D eigenvalue weighted by Gasteiger charge is -2.08. The zero-order valence-electron chi connectivity index (χ0n) is 10.1. The van der Waals surface area contributed by atoms with Crippen LogP contribution >= 0.6 is 0 Å². The first-order chi connectivity index (χ1) is 8.73. The molecule has 1 aliphatic carbocycles. The van der Waals surface area contributed by atoms with Gasteiger partial charge in [-0.3, -0.25) is 4.98 Å². The van der Waals surface area contributed by atoms with Crippen molar-refractivity contribution in [1.82, 2.24) is 9.97 Å². The van der Waals surface area contributed by atoms with Crippen molar-refractivity contribution in [2.45, 2.75) is 24.8 Å². The number of nitrogens with one attached hydrogen (secondary N) is 1. The summed E-state index contributed by atoms with van der Waals surface area (Å²) in [7, 11) is 0. The predicted molar refractivity (Wildman–Crippen MR) is 73.5 cm³/mol. The Morgan fingerprint density at radius 2 is 2.06 bits per heavy atom. The molecule has 18 heavy (non-hydrogen) atoms. The summed E-state index contributed by atoms with van der Waals surface area (Å²) in [6, 6.07) is 8.66. The molecule has 3 heteroatoms. The van der Waals surface area contributed by atoms with Crippen LogP contribution in [0, 0.1) is 0 Å². The van der Waals surface area contributed by atoms with Gasteiger partial charge < -0.3 is 10.7 Å². The molecule has 90 valence electrons. The highest BCUT2D eigenvalue weighted by Crippen LogP contribution is 2.36.